The number of nitrogens with zero attached hydrogens (tertiary/aromatic N) is 2. The van der Waals surface area contributed by atoms with Crippen LogP contribution < -0.4 is 5.73 Å². The van der Waals surface area contributed by atoms with Crippen molar-refractivity contribution in [3.63, 3.8) is 0 Å². The van der Waals surface area contributed by atoms with Crippen LogP contribution in [0, 0.1) is 12.7 Å². The van der Waals surface area contributed by atoms with Gasteiger partial charge in [0.2, 0.25) is 11.7 Å². The molecule has 0 spiro atoms. The summed E-state index contributed by atoms with van der Waals surface area (Å²) in [7, 11) is 0. The van der Waals surface area contributed by atoms with Crippen LogP contribution in [0.1, 0.15) is 11.5 Å². The number of aromatic nitrogens is 2. The quantitative estimate of drug-likeness (QED) is 0.856. The Hall–Kier alpha value is -1.75. The first-order valence-corrected chi connectivity index (χ1v) is 5.00. The molecule has 0 bridgehead atoms. The Morgan fingerprint density at radius 2 is 2.25 bits per heavy atom. The van der Waals surface area contributed by atoms with Crippen LogP contribution in [0.5, 0.6) is 0 Å². The average Bonchev–Trinajstić information content (AvgIpc) is 2.67. The first-order valence-electron chi connectivity index (χ1n) is 5.00. The molecule has 0 saturated carbocycles. The van der Waals surface area contributed by atoms with Gasteiger partial charge in [-0.15, -0.1) is 0 Å². The Morgan fingerprint density at radius 3 is 2.94 bits per heavy atom. The van der Waals surface area contributed by atoms with E-state index >= 15 is 0 Å². The fourth-order valence-electron chi connectivity index (χ4n) is 1.47. The van der Waals surface area contributed by atoms with Gasteiger partial charge in [0.05, 0.1) is 0 Å². The molecule has 1 aromatic carbocycles. The molecular weight excluding hydrogens is 209 g/mol. The average molecular weight is 221 g/mol. The molecule has 0 saturated heterocycles. The van der Waals surface area contributed by atoms with E-state index in [4.69, 9.17) is 10.3 Å². The van der Waals surface area contributed by atoms with Crippen LogP contribution in [0.4, 0.5) is 4.39 Å². The summed E-state index contributed by atoms with van der Waals surface area (Å²) < 4.78 is 17.9. The molecule has 5 heteroatoms. The smallest absolute Gasteiger partial charge is 0.228 e. The minimum atomic E-state index is -0.271. The zero-order valence-corrected chi connectivity index (χ0v) is 8.90. The Bertz CT molecular complexity index is 496. The van der Waals surface area contributed by atoms with E-state index in [-0.39, 0.29) is 5.82 Å². The molecule has 0 aliphatic carbocycles. The first kappa shape index (κ1) is 10.8. The van der Waals surface area contributed by atoms with Crippen LogP contribution in [-0.2, 0) is 6.42 Å². The van der Waals surface area contributed by atoms with E-state index in [9.17, 15) is 4.39 Å². The Morgan fingerprint density at radius 1 is 1.44 bits per heavy atom. The van der Waals surface area contributed by atoms with Gasteiger partial charge in [-0.2, -0.15) is 4.98 Å². The third-order valence-corrected chi connectivity index (χ3v) is 2.26. The molecule has 0 radical (unpaired) electrons. The minimum Gasteiger partial charge on any atom is -0.339 e. The lowest BCUT2D eigenvalue weighted by molar-refractivity contribution is 0.380. The van der Waals surface area contributed by atoms with E-state index in [1.807, 2.05) is 0 Å². The molecule has 84 valence electrons. The van der Waals surface area contributed by atoms with E-state index in [0.29, 0.717) is 24.7 Å². The molecule has 16 heavy (non-hydrogen) atoms. The summed E-state index contributed by atoms with van der Waals surface area (Å²) >= 11 is 0. The van der Waals surface area contributed by atoms with Gasteiger partial charge < -0.3 is 10.3 Å². The van der Waals surface area contributed by atoms with Crippen molar-refractivity contribution in [3.8, 4) is 11.4 Å². The number of nitrogens with two attached hydrogens (primary N) is 1. The lowest BCUT2D eigenvalue weighted by Crippen LogP contribution is -2.02. The highest BCUT2D eigenvalue weighted by Gasteiger charge is 2.10. The molecule has 0 aliphatic rings. The number of benzene rings is 1. The van der Waals surface area contributed by atoms with Gasteiger partial charge in [-0.05, 0) is 30.7 Å². The monoisotopic (exact) mass is 221 g/mol. The number of aryl methyl sites for hydroxylation is 1. The fourth-order valence-corrected chi connectivity index (χ4v) is 1.47. The first-order chi connectivity index (χ1) is 7.70. The molecular formula is C11H12FN3O. The van der Waals surface area contributed by atoms with Crippen LogP contribution in [-0.4, -0.2) is 16.7 Å². The molecule has 1 heterocycles. The fraction of sp³-hybridized carbons (Fsp3) is 0.273. The molecule has 2 aromatic rings. The summed E-state index contributed by atoms with van der Waals surface area (Å²) in [6, 6.07) is 4.46. The van der Waals surface area contributed by atoms with Crippen molar-refractivity contribution in [1.29, 1.82) is 0 Å². The predicted molar refractivity (Wildman–Crippen MR) is 57.2 cm³/mol. The Kier molecular flexibility index (Phi) is 2.96. The number of hydrogen-bond acceptors (Lipinski definition) is 4. The summed E-state index contributed by atoms with van der Waals surface area (Å²) in [4.78, 5) is 4.18. The topological polar surface area (TPSA) is 64.9 Å². The summed E-state index contributed by atoms with van der Waals surface area (Å²) in [5, 5.41) is 3.83. The number of halogens is 1. The number of hydrogen-bond donors (Lipinski definition) is 1. The van der Waals surface area contributed by atoms with Crippen LogP contribution in [0.25, 0.3) is 11.4 Å². The summed E-state index contributed by atoms with van der Waals surface area (Å²) in [5.74, 6) is 0.703. The van der Waals surface area contributed by atoms with Gasteiger partial charge >= 0.3 is 0 Å². The van der Waals surface area contributed by atoms with Gasteiger partial charge in [0.15, 0.2) is 0 Å². The van der Waals surface area contributed by atoms with Gasteiger partial charge in [-0.3, -0.25) is 0 Å². The number of rotatable bonds is 3. The summed E-state index contributed by atoms with van der Waals surface area (Å²) in [5.41, 5.74) is 6.93. The molecule has 0 unspecified atom stereocenters. The second kappa shape index (κ2) is 4.40. The molecule has 2 rings (SSSR count). The second-order valence-electron chi connectivity index (χ2n) is 3.51. The Labute approximate surface area is 92.3 Å². The molecule has 4 nitrogen and oxygen atoms in total. The van der Waals surface area contributed by atoms with Gasteiger partial charge in [-0.25, -0.2) is 4.39 Å². The van der Waals surface area contributed by atoms with Gasteiger partial charge in [0.25, 0.3) is 0 Å². The summed E-state index contributed by atoms with van der Waals surface area (Å²) in [6.45, 7) is 2.27. The van der Waals surface area contributed by atoms with E-state index in [1.165, 1.54) is 12.1 Å². The third kappa shape index (κ3) is 2.09. The zero-order valence-electron chi connectivity index (χ0n) is 8.90. The van der Waals surface area contributed by atoms with Crippen molar-refractivity contribution in [2.75, 3.05) is 6.54 Å². The van der Waals surface area contributed by atoms with Crippen LogP contribution in [0.2, 0.25) is 0 Å². The van der Waals surface area contributed by atoms with E-state index in [0.717, 1.165) is 11.1 Å². The zero-order chi connectivity index (χ0) is 11.5. The molecule has 0 atom stereocenters. The van der Waals surface area contributed by atoms with Crippen molar-refractivity contribution in [2.24, 2.45) is 5.73 Å². The van der Waals surface area contributed by atoms with Crippen LogP contribution in [0.3, 0.4) is 0 Å². The normalized spacial score (nSPS) is 10.7. The van der Waals surface area contributed by atoms with Gasteiger partial charge in [-0.1, -0.05) is 5.16 Å². The van der Waals surface area contributed by atoms with E-state index < -0.39 is 0 Å². The third-order valence-electron chi connectivity index (χ3n) is 2.26. The maximum Gasteiger partial charge on any atom is 0.228 e. The van der Waals surface area contributed by atoms with Crippen LogP contribution in [0.15, 0.2) is 22.7 Å². The highest BCUT2D eigenvalue weighted by atomic mass is 19.1. The maximum atomic E-state index is 12.9. The SMILES string of the molecule is Cc1cc(F)ccc1-c1noc(CCN)n1. The highest BCUT2D eigenvalue weighted by Crippen LogP contribution is 2.21. The molecule has 1 aromatic heterocycles. The standard InChI is InChI=1S/C11H12FN3O/c1-7-6-8(12)2-3-9(7)11-14-10(4-5-13)16-15-11/h2-3,6H,4-5,13H2,1H3. The predicted octanol–water partition coefficient (Wildman–Crippen LogP) is 1.69. The molecule has 2 N–H and O–H groups in total. The lowest BCUT2D eigenvalue weighted by atomic mass is 10.1. The van der Waals surface area contributed by atoms with Crippen molar-refractivity contribution in [2.45, 2.75) is 13.3 Å². The van der Waals surface area contributed by atoms with Crippen molar-refractivity contribution in [3.05, 3.63) is 35.5 Å². The van der Waals surface area contributed by atoms with Gasteiger partial charge in [0.1, 0.15) is 5.82 Å². The van der Waals surface area contributed by atoms with Crippen molar-refractivity contribution in [1.82, 2.24) is 10.1 Å². The molecule has 0 amide bonds. The van der Waals surface area contributed by atoms with Crippen LogP contribution >= 0.6 is 0 Å². The second-order valence-corrected chi connectivity index (χ2v) is 3.51. The summed E-state index contributed by atoms with van der Waals surface area (Å²) in [6.07, 6.45) is 0.549. The minimum absolute atomic E-state index is 0.271. The van der Waals surface area contributed by atoms with E-state index in [1.54, 1.807) is 13.0 Å². The van der Waals surface area contributed by atoms with E-state index in [2.05, 4.69) is 10.1 Å². The highest BCUT2D eigenvalue weighted by molar-refractivity contribution is 5.59. The molecule has 0 aliphatic heterocycles. The van der Waals surface area contributed by atoms with Gasteiger partial charge in [0, 0.05) is 18.5 Å². The lowest BCUT2D eigenvalue weighted by Gasteiger charge is -1.99. The molecule has 0 fully saturated rings. The van der Waals surface area contributed by atoms with Crippen molar-refractivity contribution >= 4 is 0 Å². The van der Waals surface area contributed by atoms with Crippen molar-refractivity contribution < 1.29 is 8.91 Å². The maximum absolute atomic E-state index is 12.9. The largest absolute Gasteiger partial charge is 0.339 e. The Balaban J connectivity index is 2.35.